The van der Waals surface area contributed by atoms with E-state index in [0.717, 1.165) is 30.2 Å². The van der Waals surface area contributed by atoms with Crippen molar-refractivity contribution in [3.05, 3.63) is 21.8 Å². The number of hydrogen-bond acceptors (Lipinski definition) is 6. The van der Waals surface area contributed by atoms with Gasteiger partial charge < -0.3 is 14.5 Å². The van der Waals surface area contributed by atoms with Crippen molar-refractivity contribution < 1.29 is 9.53 Å². The van der Waals surface area contributed by atoms with E-state index >= 15 is 0 Å². The first kappa shape index (κ1) is 18.3. The molecule has 2 aliphatic heterocycles. The second-order valence-corrected chi connectivity index (χ2v) is 7.79. The van der Waals surface area contributed by atoms with Crippen molar-refractivity contribution in [3.63, 3.8) is 0 Å². The molecule has 0 N–H and O–H groups in total. The largest absolute Gasteiger partial charge is 0.365 e. The number of nitrogens with zero attached hydrogens (tertiary/aromatic N) is 4. The van der Waals surface area contributed by atoms with E-state index in [-0.39, 0.29) is 5.91 Å². The number of nitriles is 1. The molecule has 1 aromatic rings. The Balaban J connectivity index is 1.82. The van der Waals surface area contributed by atoms with Crippen LogP contribution in [0.2, 0.25) is 5.02 Å². The summed E-state index contributed by atoms with van der Waals surface area (Å²) >= 11 is 8.10. The van der Waals surface area contributed by atoms with Gasteiger partial charge in [-0.15, -0.1) is 0 Å². The molecule has 1 aromatic heterocycles. The Hall–Kier alpha value is -1.49. The molecule has 25 heavy (non-hydrogen) atoms. The minimum atomic E-state index is -0.513. The number of anilines is 1. The van der Waals surface area contributed by atoms with Gasteiger partial charge in [0.1, 0.15) is 11.9 Å². The summed E-state index contributed by atoms with van der Waals surface area (Å²) in [6, 6.07) is 2.21. The highest BCUT2D eigenvalue weighted by Crippen LogP contribution is 2.30. The van der Waals surface area contributed by atoms with Crippen LogP contribution in [0.3, 0.4) is 0 Å². The molecule has 2 aliphatic rings. The second-order valence-electron chi connectivity index (χ2n) is 6.19. The van der Waals surface area contributed by atoms with Gasteiger partial charge in [-0.3, -0.25) is 4.79 Å². The highest BCUT2D eigenvalue weighted by atomic mass is 35.5. The normalized spacial score (nSPS) is 21.1. The summed E-state index contributed by atoms with van der Waals surface area (Å²) in [5, 5.41) is 10.1. The van der Waals surface area contributed by atoms with Gasteiger partial charge in [-0.05, 0) is 19.4 Å². The van der Waals surface area contributed by atoms with Crippen LogP contribution in [0.25, 0.3) is 0 Å². The number of carbonyl (C=O) groups is 1. The quantitative estimate of drug-likeness (QED) is 0.781. The number of aromatic nitrogens is 1. The maximum Gasteiger partial charge on any atom is 0.253 e. The van der Waals surface area contributed by atoms with Gasteiger partial charge in [0.2, 0.25) is 0 Å². The zero-order chi connectivity index (χ0) is 18.0. The summed E-state index contributed by atoms with van der Waals surface area (Å²) in [5.41, 5.74) is 1.89. The third-order valence-electron chi connectivity index (χ3n) is 4.60. The molecule has 3 heterocycles. The summed E-state index contributed by atoms with van der Waals surface area (Å²) in [6.45, 7) is 6.63. The van der Waals surface area contributed by atoms with Gasteiger partial charge in [-0.25, -0.2) is 4.98 Å². The Kier molecular flexibility index (Phi) is 5.72. The smallest absolute Gasteiger partial charge is 0.253 e. The molecule has 1 amide bonds. The Morgan fingerprint density at radius 2 is 2.08 bits per heavy atom. The number of halogens is 1. The highest BCUT2D eigenvalue weighted by Gasteiger charge is 2.32. The molecule has 0 spiro atoms. The van der Waals surface area contributed by atoms with Gasteiger partial charge in [0, 0.05) is 31.1 Å². The standard InChI is InChI=1S/C17H21ClN4O2S/c1-11-13(9-19)16(20-12(2)15(11)18)22-3-6-24-14(10-22)17(23)21-4-7-25-8-5-21/h14H,3-8,10H2,1-2H3. The molecular weight excluding hydrogens is 360 g/mol. The van der Waals surface area contributed by atoms with E-state index in [1.165, 1.54) is 0 Å². The number of thioether (sulfide) groups is 1. The molecule has 6 nitrogen and oxygen atoms in total. The number of pyridine rings is 1. The third kappa shape index (κ3) is 3.71. The second kappa shape index (κ2) is 7.81. The Morgan fingerprint density at radius 3 is 2.76 bits per heavy atom. The van der Waals surface area contributed by atoms with Crippen LogP contribution in [0.5, 0.6) is 0 Å². The van der Waals surface area contributed by atoms with Gasteiger partial charge in [-0.1, -0.05) is 11.6 Å². The number of amides is 1. The molecule has 2 saturated heterocycles. The summed E-state index contributed by atoms with van der Waals surface area (Å²) in [4.78, 5) is 21.1. The first-order valence-electron chi connectivity index (χ1n) is 8.32. The van der Waals surface area contributed by atoms with Crippen LogP contribution < -0.4 is 4.90 Å². The van der Waals surface area contributed by atoms with Crippen LogP contribution in [-0.4, -0.2) is 66.2 Å². The fraction of sp³-hybridized carbons (Fsp3) is 0.588. The molecule has 3 rings (SSSR count). The van der Waals surface area contributed by atoms with E-state index in [9.17, 15) is 10.1 Å². The number of aryl methyl sites for hydroxylation is 1. The lowest BCUT2D eigenvalue weighted by molar-refractivity contribution is -0.144. The van der Waals surface area contributed by atoms with Crippen molar-refractivity contribution in [1.82, 2.24) is 9.88 Å². The first-order valence-corrected chi connectivity index (χ1v) is 9.86. The van der Waals surface area contributed by atoms with E-state index in [1.54, 1.807) is 0 Å². The summed E-state index contributed by atoms with van der Waals surface area (Å²) in [7, 11) is 0. The molecule has 8 heteroatoms. The van der Waals surface area contributed by atoms with Gasteiger partial charge in [0.25, 0.3) is 5.91 Å². The van der Waals surface area contributed by atoms with Crippen molar-refractivity contribution in [2.24, 2.45) is 0 Å². The molecule has 134 valence electrons. The van der Waals surface area contributed by atoms with Crippen LogP contribution in [0.4, 0.5) is 5.82 Å². The van der Waals surface area contributed by atoms with Crippen LogP contribution in [0.15, 0.2) is 0 Å². The van der Waals surface area contributed by atoms with E-state index in [1.807, 2.05) is 35.4 Å². The van der Waals surface area contributed by atoms with Crippen molar-refractivity contribution in [1.29, 1.82) is 5.26 Å². The number of morpholine rings is 1. The van der Waals surface area contributed by atoms with Crippen LogP contribution in [0.1, 0.15) is 16.8 Å². The number of hydrogen-bond donors (Lipinski definition) is 0. The number of ether oxygens (including phenoxy) is 1. The third-order valence-corrected chi connectivity index (χ3v) is 6.09. The van der Waals surface area contributed by atoms with Crippen molar-refractivity contribution in [3.8, 4) is 6.07 Å². The SMILES string of the molecule is Cc1nc(N2CCOC(C(=O)N3CCSCC3)C2)c(C#N)c(C)c1Cl. The van der Waals surface area contributed by atoms with Gasteiger partial charge in [-0.2, -0.15) is 17.0 Å². The van der Waals surface area contributed by atoms with Crippen LogP contribution in [-0.2, 0) is 9.53 Å². The first-order chi connectivity index (χ1) is 12.0. The molecule has 2 fully saturated rings. The zero-order valence-corrected chi connectivity index (χ0v) is 16.0. The molecule has 0 radical (unpaired) electrons. The average Bonchev–Trinajstić information content (AvgIpc) is 2.66. The number of carbonyl (C=O) groups excluding carboxylic acids is 1. The minimum Gasteiger partial charge on any atom is -0.365 e. The molecule has 0 aromatic carbocycles. The maximum atomic E-state index is 12.7. The predicted octanol–water partition coefficient (Wildman–Crippen LogP) is 2.00. The fourth-order valence-corrected chi connectivity index (χ4v) is 4.19. The number of rotatable bonds is 2. The molecule has 0 aliphatic carbocycles. The molecule has 1 atom stereocenters. The van der Waals surface area contributed by atoms with Crippen LogP contribution in [0, 0.1) is 25.2 Å². The summed E-state index contributed by atoms with van der Waals surface area (Å²) in [6.07, 6.45) is -0.513. The Bertz CT molecular complexity index is 716. The molecule has 0 bridgehead atoms. The maximum absolute atomic E-state index is 12.7. The topological polar surface area (TPSA) is 69.5 Å². The zero-order valence-electron chi connectivity index (χ0n) is 14.4. The monoisotopic (exact) mass is 380 g/mol. The fourth-order valence-electron chi connectivity index (χ4n) is 3.15. The Morgan fingerprint density at radius 1 is 1.36 bits per heavy atom. The summed E-state index contributed by atoms with van der Waals surface area (Å²) in [5.74, 6) is 2.57. The lowest BCUT2D eigenvalue weighted by Gasteiger charge is -2.37. The van der Waals surface area contributed by atoms with E-state index < -0.39 is 6.10 Å². The van der Waals surface area contributed by atoms with Gasteiger partial charge in [0.05, 0.1) is 29.4 Å². The van der Waals surface area contributed by atoms with E-state index in [0.29, 0.717) is 41.8 Å². The minimum absolute atomic E-state index is 0.0333. The van der Waals surface area contributed by atoms with Crippen molar-refractivity contribution in [2.75, 3.05) is 49.2 Å². The molecule has 0 saturated carbocycles. The predicted molar refractivity (Wildman–Crippen MR) is 99.3 cm³/mol. The van der Waals surface area contributed by atoms with E-state index in [4.69, 9.17) is 16.3 Å². The lowest BCUT2D eigenvalue weighted by Crippen LogP contribution is -2.53. The summed E-state index contributed by atoms with van der Waals surface area (Å²) < 4.78 is 5.73. The lowest BCUT2D eigenvalue weighted by atomic mass is 10.1. The highest BCUT2D eigenvalue weighted by molar-refractivity contribution is 7.99. The van der Waals surface area contributed by atoms with Gasteiger partial charge in [0.15, 0.2) is 6.10 Å². The van der Waals surface area contributed by atoms with Crippen LogP contribution >= 0.6 is 23.4 Å². The Labute approximate surface area is 157 Å². The van der Waals surface area contributed by atoms with Crippen molar-refractivity contribution in [2.45, 2.75) is 20.0 Å². The van der Waals surface area contributed by atoms with Gasteiger partial charge >= 0.3 is 0 Å². The van der Waals surface area contributed by atoms with E-state index in [2.05, 4.69) is 11.1 Å². The molecule has 1 unspecified atom stereocenters. The molecular formula is C17H21ClN4O2S. The average molecular weight is 381 g/mol. The van der Waals surface area contributed by atoms with Crippen molar-refractivity contribution >= 4 is 35.1 Å².